The van der Waals surface area contributed by atoms with Crippen molar-refractivity contribution in [3.8, 4) is 0 Å². The van der Waals surface area contributed by atoms with Crippen LogP contribution >= 0.6 is 11.3 Å². The van der Waals surface area contributed by atoms with Gasteiger partial charge in [-0.05, 0) is 20.4 Å². The van der Waals surface area contributed by atoms with Crippen LogP contribution in [0.15, 0.2) is 5.38 Å². The summed E-state index contributed by atoms with van der Waals surface area (Å²) in [6, 6.07) is 0. The monoisotopic (exact) mass is 289 g/mol. The van der Waals surface area contributed by atoms with Gasteiger partial charge >= 0.3 is 0 Å². The minimum absolute atomic E-state index is 0.163. The van der Waals surface area contributed by atoms with Crippen LogP contribution in [0, 0.1) is 6.92 Å². The molecule has 1 unspecified atom stereocenters. The second-order valence-electron chi connectivity index (χ2n) is 4.98. The van der Waals surface area contributed by atoms with E-state index in [1.165, 1.54) is 0 Å². The van der Waals surface area contributed by atoms with Gasteiger partial charge in [0.15, 0.2) is 9.84 Å². The Hall–Kier alpha value is -0.500. The van der Waals surface area contributed by atoms with Gasteiger partial charge in [-0.3, -0.25) is 4.90 Å². The molecular weight excluding hydrogens is 270 g/mol. The Morgan fingerprint density at radius 2 is 2.33 bits per heavy atom. The van der Waals surface area contributed by atoms with Crippen LogP contribution in [-0.4, -0.2) is 48.9 Å². The molecule has 18 heavy (non-hydrogen) atoms. The first-order valence-electron chi connectivity index (χ1n) is 5.90. The molecule has 1 fully saturated rings. The van der Waals surface area contributed by atoms with Gasteiger partial charge < -0.3 is 5.73 Å². The molecule has 1 aromatic rings. The van der Waals surface area contributed by atoms with Crippen LogP contribution in [0.5, 0.6) is 0 Å². The van der Waals surface area contributed by atoms with Gasteiger partial charge in [-0.25, -0.2) is 13.4 Å². The van der Waals surface area contributed by atoms with Crippen LogP contribution in [0.1, 0.15) is 17.1 Å². The molecule has 0 bridgehead atoms. The Morgan fingerprint density at radius 1 is 1.61 bits per heavy atom. The number of nitrogens with two attached hydrogens (primary N) is 1. The first-order chi connectivity index (χ1) is 8.37. The van der Waals surface area contributed by atoms with Crippen LogP contribution in [-0.2, 0) is 16.4 Å². The average molecular weight is 289 g/mol. The van der Waals surface area contributed by atoms with E-state index in [1.54, 1.807) is 11.3 Å². The molecule has 2 N–H and O–H groups in total. The number of aryl methyl sites for hydroxylation is 1. The van der Waals surface area contributed by atoms with E-state index in [0.29, 0.717) is 19.5 Å². The van der Waals surface area contributed by atoms with Crippen molar-refractivity contribution in [2.45, 2.75) is 25.4 Å². The molecule has 0 radical (unpaired) electrons. The lowest BCUT2D eigenvalue weighted by molar-refractivity contribution is 0.141. The van der Waals surface area contributed by atoms with Crippen molar-refractivity contribution < 1.29 is 8.42 Å². The van der Waals surface area contributed by atoms with Gasteiger partial charge in [0.25, 0.3) is 0 Å². The number of thiazole rings is 1. The number of aromatic nitrogens is 1. The van der Waals surface area contributed by atoms with E-state index in [0.717, 1.165) is 10.7 Å². The molecule has 1 aliphatic rings. The SMILES string of the molecule is Cc1nc(CN(C)C2(CN)CCS(=O)(=O)C2)cs1. The first-order valence-corrected chi connectivity index (χ1v) is 8.60. The Balaban J connectivity index is 2.14. The molecule has 1 aliphatic heterocycles. The number of sulfone groups is 1. The summed E-state index contributed by atoms with van der Waals surface area (Å²) in [6.07, 6.45) is 0.617. The molecular formula is C11H19N3O2S2. The summed E-state index contributed by atoms with van der Waals surface area (Å²) in [6.45, 7) is 2.98. The lowest BCUT2D eigenvalue weighted by Crippen LogP contribution is -2.52. The van der Waals surface area contributed by atoms with Gasteiger partial charge in [-0.2, -0.15) is 0 Å². The molecule has 5 nitrogen and oxygen atoms in total. The molecule has 2 heterocycles. The number of likely N-dealkylation sites (N-methyl/N-ethyl adjacent to an activating group) is 1. The van der Waals surface area contributed by atoms with Crippen LogP contribution in [0.4, 0.5) is 0 Å². The summed E-state index contributed by atoms with van der Waals surface area (Å²) in [5.74, 6) is 0.404. The van der Waals surface area contributed by atoms with E-state index in [-0.39, 0.29) is 11.5 Å². The van der Waals surface area contributed by atoms with Gasteiger partial charge in [0.05, 0.1) is 22.2 Å². The molecule has 1 saturated heterocycles. The van der Waals surface area contributed by atoms with Crippen molar-refractivity contribution in [3.63, 3.8) is 0 Å². The maximum atomic E-state index is 11.7. The Bertz CT molecular complexity index is 526. The summed E-state index contributed by atoms with van der Waals surface area (Å²) in [7, 11) is -1.00. The Morgan fingerprint density at radius 3 is 2.78 bits per heavy atom. The highest BCUT2D eigenvalue weighted by atomic mass is 32.2. The third kappa shape index (κ3) is 2.74. The standard InChI is InChI=1S/C11H19N3O2S2/c1-9-13-10(6-17-9)5-14(2)11(7-12)3-4-18(15,16)8-11/h6H,3-5,7-8,12H2,1-2H3. The second-order valence-corrected chi connectivity index (χ2v) is 8.23. The zero-order chi connectivity index (χ0) is 13.4. The molecule has 0 spiro atoms. The highest BCUT2D eigenvalue weighted by Gasteiger charge is 2.44. The number of nitrogens with zero attached hydrogens (tertiary/aromatic N) is 2. The minimum Gasteiger partial charge on any atom is -0.329 e. The van der Waals surface area contributed by atoms with Gasteiger partial charge in [0, 0.05) is 24.0 Å². The van der Waals surface area contributed by atoms with Crippen molar-refractivity contribution in [1.82, 2.24) is 9.88 Å². The van der Waals surface area contributed by atoms with E-state index < -0.39 is 15.4 Å². The molecule has 1 atom stereocenters. The van der Waals surface area contributed by atoms with Crippen molar-refractivity contribution in [2.75, 3.05) is 25.1 Å². The van der Waals surface area contributed by atoms with E-state index in [4.69, 9.17) is 5.73 Å². The van der Waals surface area contributed by atoms with Crippen molar-refractivity contribution >= 4 is 21.2 Å². The van der Waals surface area contributed by atoms with Gasteiger partial charge in [0.2, 0.25) is 0 Å². The quantitative estimate of drug-likeness (QED) is 0.868. The van der Waals surface area contributed by atoms with Crippen LogP contribution in [0.3, 0.4) is 0 Å². The topological polar surface area (TPSA) is 76.3 Å². The third-order valence-corrected chi connectivity index (χ3v) is 6.25. The second kappa shape index (κ2) is 4.88. The molecule has 0 saturated carbocycles. The van der Waals surface area contributed by atoms with Crippen LogP contribution in [0.2, 0.25) is 0 Å². The molecule has 102 valence electrons. The largest absolute Gasteiger partial charge is 0.329 e. The summed E-state index contributed by atoms with van der Waals surface area (Å²) in [5, 5.41) is 3.04. The zero-order valence-corrected chi connectivity index (χ0v) is 12.4. The lowest BCUT2D eigenvalue weighted by Gasteiger charge is -2.36. The Kier molecular flexibility index (Phi) is 3.77. The highest BCUT2D eigenvalue weighted by molar-refractivity contribution is 7.91. The molecule has 0 amide bonds. The molecule has 0 aromatic carbocycles. The maximum Gasteiger partial charge on any atom is 0.152 e. The Labute approximate surface area is 112 Å². The first kappa shape index (κ1) is 13.9. The highest BCUT2D eigenvalue weighted by Crippen LogP contribution is 2.29. The number of hydrogen-bond donors (Lipinski definition) is 1. The number of hydrogen-bond acceptors (Lipinski definition) is 6. The molecule has 7 heteroatoms. The smallest absolute Gasteiger partial charge is 0.152 e. The van der Waals surface area contributed by atoms with E-state index in [1.807, 2.05) is 24.3 Å². The zero-order valence-electron chi connectivity index (χ0n) is 10.7. The predicted molar refractivity (Wildman–Crippen MR) is 73.4 cm³/mol. The fraction of sp³-hybridized carbons (Fsp3) is 0.727. The summed E-state index contributed by atoms with van der Waals surface area (Å²) < 4.78 is 23.3. The van der Waals surface area contributed by atoms with Crippen molar-refractivity contribution in [1.29, 1.82) is 0 Å². The van der Waals surface area contributed by atoms with E-state index >= 15 is 0 Å². The fourth-order valence-corrected chi connectivity index (χ4v) is 5.15. The number of rotatable bonds is 4. The van der Waals surface area contributed by atoms with Crippen LogP contribution < -0.4 is 5.73 Å². The molecule has 1 aromatic heterocycles. The van der Waals surface area contributed by atoms with Crippen molar-refractivity contribution in [2.24, 2.45) is 5.73 Å². The maximum absolute atomic E-state index is 11.7. The summed E-state index contributed by atoms with van der Waals surface area (Å²) in [4.78, 5) is 6.46. The molecule has 2 rings (SSSR count). The van der Waals surface area contributed by atoms with Gasteiger partial charge in [-0.1, -0.05) is 0 Å². The fourth-order valence-electron chi connectivity index (χ4n) is 2.41. The summed E-state index contributed by atoms with van der Waals surface area (Å²) >= 11 is 1.61. The lowest BCUT2D eigenvalue weighted by atomic mass is 9.97. The van der Waals surface area contributed by atoms with Gasteiger partial charge in [0.1, 0.15) is 0 Å². The minimum atomic E-state index is -2.94. The van der Waals surface area contributed by atoms with Crippen molar-refractivity contribution in [3.05, 3.63) is 16.1 Å². The predicted octanol–water partition coefficient (Wildman–Crippen LogP) is 0.399. The summed E-state index contributed by atoms with van der Waals surface area (Å²) in [5.41, 5.74) is 6.39. The molecule has 0 aliphatic carbocycles. The van der Waals surface area contributed by atoms with Gasteiger partial charge in [-0.15, -0.1) is 11.3 Å². The normalized spacial score (nSPS) is 26.9. The van der Waals surface area contributed by atoms with Crippen LogP contribution in [0.25, 0.3) is 0 Å². The van der Waals surface area contributed by atoms with E-state index in [2.05, 4.69) is 4.98 Å². The average Bonchev–Trinajstić information content (AvgIpc) is 2.83. The van der Waals surface area contributed by atoms with E-state index in [9.17, 15) is 8.42 Å². The third-order valence-electron chi connectivity index (χ3n) is 3.62.